The first-order valence-electron chi connectivity index (χ1n) is 6.09. The van der Waals surface area contributed by atoms with Gasteiger partial charge in [0.05, 0.1) is 16.6 Å². The number of hydrogen-bond acceptors (Lipinski definition) is 1. The van der Waals surface area contributed by atoms with E-state index >= 15 is 0 Å². The number of benzene rings is 2. The van der Waals surface area contributed by atoms with Crippen LogP contribution in [-0.2, 0) is 0 Å². The molecule has 84 valence electrons. The lowest BCUT2D eigenvalue weighted by atomic mass is 9.95. The first-order chi connectivity index (χ1) is 8.83. The highest BCUT2D eigenvalue weighted by atomic mass is 15.0. The molecule has 4 aromatic rings. The van der Waals surface area contributed by atoms with Crippen LogP contribution in [0.1, 0.15) is 0 Å². The van der Waals surface area contributed by atoms with Crippen molar-refractivity contribution in [2.45, 2.75) is 0 Å². The molecule has 2 nitrogen and oxygen atoms in total. The van der Waals surface area contributed by atoms with Crippen LogP contribution in [0, 0.1) is 0 Å². The van der Waals surface area contributed by atoms with E-state index in [9.17, 15) is 0 Å². The number of pyridine rings is 1. The van der Waals surface area contributed by atoms with E-state index in [1.165, 1.54) is 21.9 Å². The highest BCUT2D eigenvalue weighted by Crippen LogP contribution is 2.22. The molecule has 4 rings (SSSR count). The molecule has 0 fully saturated rings. The smallest absolute Gasteiger partial charge is 0.139 e. The summed E-state index contributed by atoms with van der Waals surface area (Å²) < 4.78 is 2.23. The summed E-state index contributed by atoms with van der Waals surface area (Å²) in [6.45, 7) is 0. The second kappa shape index (κ2) is 3.36. The molecule has 0 aliphatic heterocycles. The van der Waals surface area contributed by atoms with Crippen molar-refractivity contribution < 1.29 is 0 Å². The van der Waals surface area contributed by atoms with Crippen LogP contribution in [0.2, 0.25) is 0 Å². The second-order valence-corrected chi connectivity index (χ2v) is 4.69. The number of para-hydroxylation sites is 2. The van der Waals surface area contributed by atoms with E-state index < -0.39 is 0 Å². The van der Waals surface area contributed by atoms with Crippen LogP contribution >= 0.6 is 0 Å². The van der Waals surface area contributed by atoms with Crippen LogP contribution < -0.4 is 5.46 Å². The monoisotopic (exact) mass is 230 g/mol. The largest absolute Gasteiger partial charge is 0.292 e. The van der Waals surface area contributed by atoms with Crippen LogP contribution in [0.15, 0.2) is 54.6 Å². The summed E-state index contributed by atoms with van der Waals surface area (Å²) in [6, 6.07) is 19.0. The lowest BCUT2D eigenvalue weighted by Crippen LogP contribution is -2.01. The van der Waals surface area contributed by atoms with Gasteiger partial charge >= 0.3 is 0 Å². The van der Waals surface area contributed by atoms with Crippen molar-refractivity contribution >= 4 is 40.9 Å². The summed E-state index contributed by atoms with van der Waals surface area (Å²) in [6.07, 6.45) is 0. The van der Waals surface area contributed by atoms with Gasteiger partial charge in [0.1, 0.15) is 13.5 Å². The quantitative estimate of drug-likeness (QED) is 0.422. The van der Waals surface area contributed by atoms with Gasteiger partial charge in [-0.3, -0.25) is 4.40 Å². The SMILES string of the molecule is Bc1ccc2c(ccc3nc4ccccc4n32)c1. The van der Waals surface area contributed by atoms with E-state index in [0.717, 1.165) is 11.2 Å². The minimum atomic E-state index is 1.01. The summed E-state index contributed by atoms with van der Waals surface area (Å²) in [7, 11) is 2.12. The van der Waals surface area contributed by atoms with Gasteiger partial charge < -0.3 is 0 Å². The molecule has 0 saturated heterocycles. The van der Waals surface area contributed by atoms with Crippen LogP contribution in [0.3, 0.4) is 0 Å². The minimum absolute atomic E-state index is 1.01. The Morgan fingerprint density at radius 2 is 1.78 bits per heavy atom. The minimum Gasteiger partial charge on any atom is -0.292 e. The molecule has 0 amide bonds. The van der Waals surface area contributed by atoms with Crippen LogP contribution in [0.4, 0.5) is 0 Å². The fourth-order valence-corrected chi connectivity index (χ4v) is 2.58. The fourth-order valence-electron chi connectivity index (χ4n) is 2.58. The molecule has 0 atom stereocenters. The Kier molecular flexibility index (Phi) is 1.81. The number of nitrogens with zero attached hydrogens (tertiary/aromatic N) is 2. The van der Waals surface area contributed by atoms with Gasteiger partial charge in [0.25, 0.3) is 0 Å². The molecule has 0 unspecified atom stereocenters. The zero-order valence-electron chi connectivity index (χ0n) is 10.1. The zero-order chi connectivity index (χ0) is 12.1. The highest BCUT2D eigenvalue weighted by Gasteiger charge is 2.06. The molecular weight excluding hydrogens is 219 g/mol. The molecule has 0 saturated carbocycles. The molecule has 2 aromatic heterocycles. The van der Waals surface area contributed by atoms with E-state index in [1.807, 2.05) is 6.07 Å². The Morgan fingerprint density at radius 1 is 0.889 bits per heavy atom. The van der Waals surface area contributed by atoms with Crippen LogP contribution in [0.25, 0.3) is 27.6 Å². The summed E-state index contributed by atoms with van der Waals surface area (Å²) >= 11 is 0. The maximum absolute atomic E-state index is 4.65. The summed E-state index contributed by atoms with van der Waals surface area (Å²) in [4.78, 5) is 4.65. The summed E-state index contributed by atoms with van der Waals surface area (Å²) in [5, 5.41) is 1.26. The van der Waals surface area contributed by atoms with Gasteiger partial charge in [0.15, 0.2) is 0 Å². The van der Waals surface area contributed by atoms with Crippen LogP contribution in [0.5, 0.6) is 0 Å². The number of aromatic nitrogens is 2. The Labute approximate surface area is 105 Å². The van der Waals surface area contributed by atoms with E-state index in [2.05, 4.69) is 65.8 Å². The van der Waals surface area contributed by atoms with Gasteiger partial charge in [-0.25, -0.2) is 4.98 Å². The topological polar surface area (TPSA) is 17.3 Å². The number of fused-ring (bicyclic) bond motifs is 5. The lowest BCUT2D eigenvalue weighted by Gasteiger charge is -2.04. The summed E-state index contributed by atoms with van der Waals surface area (Å²) in [5.74, 6) is 0. The van der Waals surface area contributed by atoms with Gasteiger partial charge in [-0.05, 0) is 35.7 Å². The van der Waals surface area contributed by atoms with Crippen molar-refractivity contribution in [2.75, 3.05) is 0 Å². The standard InChI is InChI=1S/C15H11BN2/c16-11-6-7-13-10(9-11)5-8-15-17-12-3-1-2-4-14(12)18(13)15/h1-9H,16H2. The van der Waals surface area contributed by atoms with Crippen molar-refractivity contribution in [1.82, 2.24) is 9.38 Å². The first kappa shape index (κ1) is 9.72. The van der Waals surface area contributed by atoms with Crippen molar-refractivity contribution in [1.29, 1.82) is 0 Å². The van der Waals surface area contributed by atoms with E-state index in [4.69, 9.17) is 0 Å². The number of imidazole rings is 1. The highest BCUT2D eigenvalue weighted by molar-refractivity contribution is 6.33. The predicted octanol–water partition coefficient (Wildman–Crippen LogP) is 1.90. The van der Waals surface area contributed by atoms with Gasteiger partial charge in [-0.2, -0.15) is 0 Å². The number of hydrogen-bond donors (Lipinski definition) is 0. The molecule has 3 heteroatoms. The molecule has 18 heavy (non-hydrogen) atoms. The average Bonchev–Trinajstić information content (AvgIpc) is 2.77. The Bertz CT molecular complexity index is 893. The van der Waals surface area contributed by atoms with E-state index in [1.54, 1.807) is 0 Å². The van der Waals surface area contributed by atoms with Crippen molar-refractivity contribution in [3.8, 4) is 0 Å². The summed E-state index contributed by atoms with van der Waals surface area (Å²) in [5.41, 5.74) is 5.72. The second-order valence-electron chi connectivity index (χ2n) is 4.69. The van der Waals surface area contributed by atoms with Crippen molar-refractivity contribution in [3.05, 3.63) is 54.6 Å². The van der Waals surface area contributed by atoms with Crippen LogP contribution in [-0.4, -0.2) is 17.2 Å². The molecular formula is C15H11BN2. The lowest BCUT2D eigenvalue weighted by molar-refractivity contribution is 1.30. The Balaban J connectivity index is 2.32. The number of rotatable bonds is 0. The van der Waals surface area contributed by atoms with E-state index in [-0.39, 0.29) is 0 Å². The molecule has 0 aliphatic carbocycles. The Hall–Kier alpha value is -2.29. The third-order valence-electron chi connectivity index (χ3n) is 3.42. The van der Waals surface area contributed by atoms with Gasteiger partial charge in [-0.15, -0.1) is 0 Å². The molecule has 2 aromatic carbocycles. The molecule has 0 aliphatic rings. The predicted molar refractivity (Wildman–Crippen MR) is 78.4 cm³/mol. The fraction of sp³-hybridized carbons (Fsp3) is 0. The zero-order valence-corrected chi connectivity index (χ0v) is 10.1. The molecule has 2 heterocycles. The maximum Gasteiger partial charge on any atom is 0.139 e. The van der Waals surface area contributed by atoms with Crippen molar-refractivity contribution in [2.24, 2.45) is 0 Å². The molecule has 0 bridgehead atoms. The van der Waals surface area contributed by atoms with Gasteiger partial charge in [0, 0.05) is 0 Å². The maximum atomic E-state index is 4.65. The average molecular weight is 230 g/mol. The van der Waals surface area contributed by atoms with Gasteiger partial charge in [0.2, 0.25) is 0 Å². The van der Waals surface area contributed by atoms with Crippen molar-refractivity contribution in [3.63, 3.8) is 0 Å². The normalized spacial score (nSPS) is 11.6. The molecule has 0 N–H and O–H groups in total. The third kappa shape index (κ3) is 1.22. The Morgan fingerprint density at radius 3 is 2.72 bits per heavy atom. The van der Waals surface area contributed by atoms with Gasteiger partial charge in [-0.1, -0.05) is 29.7 Å². The molecule has 0 spiro atoms. The van der Waals surface area contributed by atoms with E-state index in [0.29, 0.717) is 0 Å². The molecule has 0 radical (unpaired) electrons. The third-order valence-corrected chi connectivity index (χ3v) is 3.42. The first-order valence-corrected chi connectivity index (χ1v) is 6.09.